The summed E-state index contributed by atoms with van der Waals surface area (Å²) in [5.41, 5.74) is 0.0490. The largest absolute Gasteiger partial charge is 0.378 e. The second-order valence-corrected chi connectivity index (χ2v) is 6.59. The number of ether oxygens (including phenoxy) is 2. The van der Waals surface area contributed by atoms with Gasteiger partial charge in [0.05, 0.1) is 11.7 Å². The Bertz CT molecular complexity index is 308. The molecule has 3 nitrogen and oxygen atoms in total. The molecule has 3 heteroatoms. The van der Waals surface area contributed by atoms with Gasteiger partial charge >= 0.3 is 0 Å². The van der Waals surface area contributed by atoms with E-state index >= 15 is 0 Å². The molecule has 0 N–H and O–H groups in total. The molecule has 2 saturated heterocycles. The molecule has 0 aromatic carbocycles. The molecule has 2 atom stereocenters. The van der Waals surface area contributed by atoms with E-state index in [4.69, 9.17) is 9.47 Å². The first-order valence-electron chi connectivity index (χ1n) is 8.06. The van der Waals surface area contributed by atoms with Crippen molar-refractivity contribution in [2.24, 2.45) is 5.92 Å². The van der Waals surface area contributed by atoms with Gasteiger partial charge in [-0.15, -0.1) is 0 Å². The number of carbonyl (C=O) groups excluding carboxylic acids is 1. The van der Waals surface area contributed by atoms with Crippen molar-refractivity contribution < 1.29 is 14.3 Å². The standard InChI is InChI=1S/C16H26O3/c17-15(11-14-5-4-9-18-14)13-6-10-19-16(12-13)7-2-1-3-8-16/h13-14H,1-12H2. The highest BCUT2D eigenvalue weighted by Crippen LogP contribution is 2.41. The Morgan fingerprint density at radius 1 is 1.05 bits per heavy atom. The first-order chi connectivity index (χ1) is 9.27. The summed E-state index contributed by atoms with van der Waals surface area (Å²) in [5, 5.41) is 0. The predicted octanol–water partition coefficient (Wildman–Crippen LogP) is 3.25. The maximum absolute atomic E-state index is 12.4. The van der Waals surface area contributed by atoms with Crippen LogP contribution in [-0.4, -0.2) is 30.7 Å². The fraction of sp³-hybridized carbons (Fsp3) is 0.938. The number of carbonyl (C=O) groups is 1. The molecule has 2 heterocycles. The minimum absolute atomic E-state index is 0.0490. The summed E-state index contributed by atoms with van der Waals surface area (Å²) in [6.45, 7) is 1.62. The van der Waals surface area contributed by atoms with Crippen LogP contribution in [-0.2, 0) is 14.3 Å². The quantitative estimate of drug-likeness (QED) is 0.786. The SMILES string of the molecule is O=C(CC1CCCO1)C1CCOC2(CCCCC2)C1. The van der Waals surface area contributed by atoms with Crippen molar-refractivity contribution in [2.75, 3.05) is 13.2 Å². The van der Waals surface area contributed by atoms with E-state index in [0.29, 0.717) is 12.2 Å². The van der Waals surface area contributed by atoms with Crippen LogP contribution in [0.3, 0.4) is 0 Å². The molecule has 3 fully saturated rings. The lowest BCUT2D eigenvalue weighted by atomic mass is 9.74. The third-order valence-electron chi connectivity index (χ3n) is 5.17. The van der Waals surface area contributed by atoms with E-state index in [9.17, 15) is 4.79 Å². The first kappa shape index (κ1) is 13.6. The highest BCUT2D eigenvalue weighted by atomic mass is 16.5. The summed E-state index contributed by atoms with van der Waals surface area (Å²) >= 11 is 0. The topological polar surface area (TPSA) is 35.5 Å². The zero-order valence-corrected chi connectivity index (χ0v) is 11.9. The molecule has 3 rings (SSSR count). The molecule has 2 unspecified atom stereocenters. The van der Waals surface area contributed by atoms with Gasteiger partial charge in [-0.05, 0) is 38.5 Å². The Morgan fingerprint density at radius 2 is 1.89 bits per heavy atom. The third kappa shape index (κ3) is 3.19. The van der Waals surface area contributed by atoms with Crippen molar-refractivity contribution in [1.29, 1.82) is 0 Å². The summed E-state index contributed by atoms with van der Waals surface area (Å²) in [7, 11) is 0. The maximum atomic E-state index is 12.4. The average Bonchev–Trinajstić information content (AvgIpc) is 2.92. The zero-order valence-electron chi connectivity index (χ0n) is 11.9. The Hall–Kier alpha value is -0.410. The van der Waals surface area contributed by atoms with E-state index in [1.165, 1.54) is 19.3 Å². The van der Waals surface area contributed by atoms with E-state index in [1.807, 2.05) is 0 Å². The fourth-order valence-corrected chi connectivity index (χ4v) is 4.04. The molecule has 0 bridgehead atoms. The zero-order chi connectivity index (χ0) is 13.1. The summed E-state index contributed by atoms with van der Waals surface area (Å²) in [4.78, 5) is 12.4. The van der Waals surface area contributed by atoms with Crippen LogP contribution in [0.1, 0.15) is 64.2 Å². The van der Waals surface area contributed by atoms with Crippen molar-refractivity contribution in [2.45, 2.75) is 75.9 Å². The van der Waals surface area contributed by atoms with E-state index in [0.717, 1.165) is 51.7 Å². The van der Waals surface area contributed by atoms with Gasteiger partial charge in [-0.1, -0.05) is 19.3 Å². The smallest absolute Gasteiger partial charge is 0.138 e. The Balaban J connectivity index is 1.56. The van der Waals surface area contributed by atoms with Crippen LogP contribution in [0.15, 0.2) is 0 Å². The van der Waals surface area contributed by atoms with Gasteiger partial charge in [-0.2, -0.15) is 0 Å². The van der Waals surface area contributed by atoms with Gasteiger partial charge in [0.25, 0.3) is 0 Å². The van der Waals surface area contributed by atoms with Crippen molar-refractivity contribution in [1.82, 2.24) is 0 Å². The first-order valence-corrected chi connectivity index (χ1v) is 8.06. The van der Waals surface area contributed by atoms with Gasteiger partial charge in [0.1, 0.15) is 5.78 Å². The summed E-state index contributed by atoms with van der Waals surface area (Å²) in [6.07, 6.45) is 11.1. The van der Waals surface area contributed by atoms with E-state index in [-0.39, 0.29) is 17.6 Å². The maximum Gasteiger partial charge on any atom is 0.138 e. The fourth-order valence-electron chi connectivity index (χ4n) is 4.04. The molecule has 0 amide bonds. The summed E-state index contributed by atoms with van der Waals surface area (Å²) in [5.74, 6) is 0.663. The van der Waals surface area contributed by atoms with Gasteiger partial charge in [0, 0.05) is 25.6 Å². The highest BCUT2D eigenvalue weighted by molar-refractivity contribution is 5.81. The van der Waals surface area contributed by atoms with Crippen LogP contribution in [0.5, 0.6) is 0 Å². The molecule has 0 aromatic rings. The molecular weight excluding hydrogens is 240 g/mol. The molecule has 108 valence electrons. The Kier molecular flexibility index (Phi) is 4.23. The number of rotatable bonds is 3. The van der Waals surface area contributed by atoms with Crippen molar-refractivity contribution in [3.8, 4) is 0 Å². The lowest BCUT2D eigenvalue weighted by Crippen LogP contribution is -2.43. The Labute approximate surface area is 116 Å². The van der Waals surface area contributed by atoms with Crippen LogP contribution in [0.25, 0.3) is 0 Å². The average molecular weight is 266 g/mol. The lowest BCUT2D eigenvalue weighted by Gasteiger charge is -2.43. The van der Waals surface area contributed by atoms with Crippen molar-refractivity contribution >= 4 is 5.78 Å². The molecule has 1 saturated carbocycles. The van der Waals surface area contributed by atoms with Gasteiger partial charge in [-0.25, -0.2) is 0 Å². The van der Waals surface area contributed by atoms with Crippen LogP contribution in [0.2, 0.25) is 0 Å². The van der Waals surface area contributed by atoms with Crippen molar-refractivity contribution in [3.05, 3.63) is 0 Å². The van der Waals surface area contributed by atoms with E-state index in [2.05, 4.69) is 0 Å². The molecule has 0 radical (unpaired) electrons. The molecule has 0 aromatic heterocycles. The van der Waals surface area contributed by atoms with Gasteiger partial charge < -0.3 is 9.47 Å². The minimum Gasteiger partial charge on any atom is -0.378 e. The van der Waals surface area contributed by atoms with Crippen LogP contribution < -0.4 is 0 Å². The minimum atomic E-state index is 0.0490. The second-order valence-electron chi connectivity index (χ2n) is 6.59. The van der Waals surface area contributed by atoms with Gasteiger partial charge in [0.15, 0.2) is 0 Å². The van der Waals surface area contributed by atoms with Crippen LogP contribution in [0, 0.1) is 5.92 Å². The molecule has 3 aliphatic rings. The Morgan fingerprint density at radius 3 is 2.63 bits per heavy atom. The lowest BCUT2D eigenvalue weighted by molar-refractivity contribution is -0.144. The molecular formula is C16H26O3. The normalized spacial score (nSPS) is 34.5. The van der Waals surface area contributed by atoms with Crippen LogP contribution in [0.4, 0.5) is 0 Å². The van der Waals surface area contributed by atoms with E-state index in [1.54, 1.807) is 0 Å². The predicted molar refractivity (Wildman–Crippen MR) is 73.1 cm³/mol. The molecule has 2 aliphatic heterocycles. The number of Topliss-reactive ketones (excluding diaryl/α,β-unsaturated/α-hetero) is 1. The summed E-state index contributed by atoms with van der Waals surface area (Å²) in [6, 6.07) is 0. The monoisotopic (exact) mass is 266 g/mol. The van der Waals surface area contributed by atoms with Gasteiger partial charge in [-0.3, -0.25) is 4.79 Å². The van der Waals surface area contributed by atoms with Gasteiger partial charge in [0.2, 0.25) is 0 Å². The highest BCUT2D eigenvalue weighted by Gasteiger charge is 2.40. The third-order valence-corrected chi connectivity index (χ3v) is 5.17. The number of hydrogen-bond donors (Lipinski definition) is 0. The molecule has 1 spiro atoms. The number of ketones is 1. The van der Waals surface area contributed by atoms with Crippen molar-refractivity contribution in [3.63, 3.8) is 0 Å². The number of hydrogen-bond acceptors (Lipinski definition) is 3. The molecule has 19 heavy (non-hydrogen) atoms. The van der Waals surface area contributed by atoms with Crippen LogP contribution >= 0.6 is 0 Å². The molecule has 1 aliphatic carbocycles. The second kappa shape index (κ2) is 5.92. The summed E-state index contributed by atoms with van der Waals surface area (Å²) < 4.78 is 11.7. The van der Waals surface area contributed by atoms with E-state index < -0.39 is 0 Å².